The third-order valence-corrected chi connectivity index (χ3v) is 28.9. The van der Waals surface area contributed by atoms with Gasteiger partial charge in [-0.15, -0.1) is 0 Å². The Hall–Kier alpha value is -6.50. The minimum absolute atomic E-state index is 0.0531. The number of carbonyl (C=O) groups excluding carboxylic acids is 6. The fraction of sp³-hybridized carbons (Fsp3) is 0.850. The lowest BCUT2D eigenvalue weighted by molar-refractivity contribution is -0.908. The van der Waals surface area contributed by atoms with Crippen molar-refractivity contribution in [2.45, 2.75) is 491 Å². The van der Waals surface area contributed by atoms with Gasteiger partial charge in [-0.2, -0.15) is 0 Å². The van der Waals surface area contributed by atoms with Crippen molar-refractivity contribution in [3.63, 3.8) is 0 Å². The van der Waals surface area contributed by atoms with Crippen LogP contribution in [0.25, 0.3) is 0 Å². The number of quaternary nitrogens is 4. The Morgan fingerprint density at radius 3 is 0.604 bits per heavy atom. The second kappa shape index (κ2) is 93.8. The highest BCUT2D eigenvalue weighted by Gasteiger charge is 2.29. The molecular weight excluding hydrogens is 1800 g/mol. The molecule has 0 amide bonds. The maximum absolute atomic E-state index is 12.6. The van der Waals surface area contributed by atoms with Crippen molar-refractivity contribution in [2.24, 2.45) is 28.2 Å². The zero-order chi connectivity index (χ0) is 106. The molecule has 836 valence electrons. The summed E-state index contributed by atoms with van der Waals surface area (Å²) in [5.74, 6) is -0.635. The monoisotopic (exact) mass is 2030 g/mol. The molecule has 0 aromatic carbocycles. The van der Waals surface area contributed by atoms with Crippen LogP contribution < -0.4 is 0 Å². The number of imidazole rings is 4. The van der Waals surface area contributed by atoms with E-state index in [0.717, 1.165) is 155 Å². The van der Waals surface area contributed by atoms with Gasteiger partial charge in [0.2, 0.25) is 0 Å². The second-order valence-electron chi connectivity index (χ2n) is 44.3. The highest BCUT2D eigenvalue weighted by atomic mass is 16.6. The Morgan fingerprint density at radius 1 is 0.229 bits per heavy atom. The fourth-order valence-electron chi connectivity index (χ4n) is 18.3. The Morgan fingerprint density at radius 2 is 0.410 bits per heavy atom. The maximum Gasteiger partial charge on any atom is 0.311 e. The number of aromatic nitrogens is 8. The minimum Gasteiger partial charge on any atom is -0.466 e. The highest BCUT2D eigenvalue weighted by molar-refractivity contribution is 5.71. The molecule has 144 heavy (non-hydrogen) atoms. The number of likely N-dealkylation sites (N-methyl/N-ethyl adjacent to an activating group) is 4. The summed E-state index contributed by atoms with van der Waals surface area (Å²) in [4.78, 5) is 91.4. The van der Waals surface area contributed by atoms with Gasteiger partial charge in [-0.05, 0) is 38.5 Å². The summed E-state index contributed by atoms with van der Waals surface area (Å²) in [7, 11) is 20.9. The van der Waals surface area contributed by atoms with Gasteiger partial charge < -0.3 is 64.6 Å². The van der Waals surface area contributed by atoms with E-state index in [4.69, 9.17) is 28.4 Å². The number of rotatable bonds is 96. The van der Waals surface area contributed by atoms with Gasteiger partial charge in [0.25, 0.3) is 0 Å². The molecule has 24 heteroatoms. The molecule has 4 aromatic rings. The van der Waals surface area contributed by atoms with Crippen LogP contribution in [-0.2, 0) is 111 Å². The third-order valence-electron chi connectivity index (χ3n) is 28.9. The predicted molar refractivity (Wildman–Crippen MR) is 597 cm³/mol. The lowest BCUT2D eigenvalue weighted by Crippen LogP contribution is -2.48. The van der Waals surface area contributed by atoms with Crippen molar-refractivity contribution in [3.05, 3.63) is 72.9 Å². The quantitative estimate of drug-likeness (QED) is 0.0173. The third kappa shape index (κ3) is 85.3. The van der Waals surface area contributed by atoms with E-state index in [2.05, 4.69) is 115 Å². The van der Waals surface area contributed by atoms with Gasteiger partial charge in [-0.25, -0.2) is 19.9 Å². The van der Waals surface area contributed by atoms with Gasteiger partial charge in [0.05, 0.1) is 223 Å². The summed E-state index contributed by atoms with van der Waals surface area (Å²) < 4.78 is 44.0. The molecule has 0 aliphatic heterocycles. The van der Waals surface area contributed by atoms with E-state index < -0.39 is 0 Å². The first-order valence-electron chi connectivity index (χ1n) is 59.7. The van der Waals surface area contributed by atoms with Gasteiger partial charge in [0, 0.05) is 90.0 Å². The second-order valence-corrected chi connectivity index (χ2v) is 44.3. The first-order valence-corrected chi connectivity index (χ1v) is 59.7. The van der Waals surface area contributed by atoms with Gasteiger partial charge >= 0.3 is 35.8 Å². The van der Waals surface area contributed by atoms with E-state index in [9.17, 15) is 28.8 Å². The molecule has 0 saturated carbocycles. The largest absolute Gasteiger partial charge is 0.466 e. The molecule has 0 unspecified atom stereocenters. The lowest BCUT2D eigenvalue weighted by Gasteiger charge is -2.34. The molecule has 0 saturated heterocycles. The number of hydrogen-bond donors (Lipinski definition) is 0. The van der Waals surface area contributed by atoms with Crippen LogP contribution in [0, 0.1) is 0 Å². The molecule has 0 aliphatic carbocycles. The van der Waals surface area contributed by atoms with E-state index >= 15 is 0 Å². The Kier molecular flexibility index (Phi) is 88.2. The molecule has 0 bridgehead atoms. The molecule has 24 nitrogen and oxygen atoms in total. The fourth-order valence-corrected chi connectivity index (χ4v) is 18.3. The smallest absolute Gasteiger partial charge is 0.311 e. The van der Waals surface area contributed by atoms with Crippen molar-refractivity contribution in [3.8, 4) is 0 Å². The van der Waals surface area contributed by atoms with Gasteiger partial charge in [-0.1, -0.05) is 388 Å². The average molecular weight is 2030 g/mol. The summed E-state index contributed by atoms with van der Waals surface area (Å²) in [6.45, 7) is 24.6. The molecule has 0 radical (unpaired) electrons. The van der Waals surface area contributed by atoms with E-state index in [-0.39, 0.29) is 35.8 Å². The van der Waals surface area contributed by atoms with Crippen LogP contribution in [0.3, 0.4) is 0 Å². The lowest BCUT2D eigenvalue weighted by atomic mass is 10.1. The van der Waals surface area contributed by atoms with Crippen LogP contribution in [0.15, 0.2) is 50.1 Å². The first-order chi connectivity index (χ1) is 69.6. The van der Waals surface area contributed by atoms with Crippen LogP contribution in [0.1, 0.15) is 488 Å². The van der Waals surface area contributed by atoms with Gasteiger partial charge in [-0.3, -0.25) is 28.8 Å². The number of nitrogens with zero attached hydrogens (tertiary/aromatic N) is 12. The Bertz CT molecular complexity index is 3520. The molecule has 4 aromatic heterocycles. The zero-order valence-corrected chi connectivity index (χ0v) is 96.7. The molecule has 0 atom stereocenters. The van der Waals surface area contributed by atoms with Crippen LogP contribution in [0.2, 0.25) is 0 Å². The molecule has 4 heterocycles. The van der Waals surface area contributed by atoms with Gasteiger partial charge in [0.1, 0.15) is 0 Å². The number of hydrogen-bond acceptors (Lipinski definition) is 16. The number of ether oxygens (including phenoxy) is 6. The summed E-state index contributed by atoms with van der Waals surface area (Å²) in [5, 5.41) is 0. The van der Waals surface area contributed by atoms with Crippen molar-refractivity contribution in [1.29, 1.82) is 0 Å². The Labute approximate surface area is 883 Å². The molecular formula is C120H228N12O12+4. The van der Waals surface area contributed by atoms with Gasteiger partial charge in [0.15, 0.2) is 0 Å². The van der Waals surface area contributed by atoms with Crippen molar-refractivity contribution < 1.29 is 75.1 Å². The summed E-state index contributed by atoms with van der Waals surface area (Å²) in [5.41, 5.74) is 4.53. The SMILES string of the molecule is CCCCCCCCCCCCOC(=O)CC[N+](C)(C)CCc1cn(C)cn1.CCCCCCCCCCCCOC(=O)CC[N+](C)(C)CCc1cncn1C.CCCCCCCCCCCCOC(=O)CC[N+](C)(CCC(=O)OCCCCCCCCCCCC)CCc1cn(C)cn1.CCCCCCCCCCCCOC(=O)CC[N+](C)(CCC(=O)OCCCCCCCCCCCC)CCc1cncn1C. The van der Waals surface area contributed by atoms with Crippen LogP contribution in [0.5, 0.6) is 0 Å². The average Bonchev–Trinajstić information content (AvgIpc) is 1.12. The van der Waals surface area contributed by atoms with E-state index in [1.54, 1.807) is 0 Å². The molecule has 0 N–H and O–H groups in total. The van der Waals surface area contributed by atoms with E-state index in [1.807, 2.05) is 85.8 Å². The number of unbranched alkanes of at least 4 members (excludes halogenated alkanes) is 54. The van der Waals surface area contributed by atoms with Crippen molar-refractivity contribution >= 4 is 35.8 Å². The Balaban J connectivity index is 0.000000981. The van der Waals surface area contributed by atoms with E-state index in [1.165, 1.54) is 327 Å². The maximum atomic E-state index is 12.6. The normalized spacial score (nSPS) is 11.7. The molecule has 0 spiro atoms. The number of aryl methyl sites for hydroxylation is 4. The van der Waals surface area contributed by atoms with Crippen molar-refractivity contribution in [1.82, 2.24) is 38.2 Å². The summed E-state index contributed by atoms with van der Waals surface area (Å²) >= 11 is 0. The van der Waals surface area contributed by atoms with Crippen LogP contribution in [0.4, 0.5) is 0 Å². The topological polar surface area (TPSA) is 229 Å². The van der Waals surface area contributed by atoms with Crippen LogP contribution in [-0.4, -0.2) is 239 Å². The van der Waals surface area contributed by atoms with E-state index in [0.29, 0.717) is 113 Å². The molecule has 4 rings (SSSR count). The summed E-state index contributed by atoms with van der Waals surface area (Å²) in [6, 6.07) is 0. The number of esters is 6. The predicted octanol–water partition coefficient (Wildman–Crippen LogP) is 28.0. The standard InChI is InChI=1S/2C37H70N3O4.2C23H44N3O2/c1-5-7-9-11-13-15-17-19-21-23-31-43-36(41)26-29-40(4,28-25-35-33-39(3)34-38-35)30-27-37(42)44-32-24-22-20-18-16-14-12-10-8-6-2;1-5-7-9-11-13-15-17-19-21-23-31-43-36(41)26-29-40(4,28-25-35-33-38-34-39(35)3)30-27-37(42)44-32-24-22-20-18-16-14-12-10-8-6-2;1-5-6-7-8-9-10-11-12-13-14-19-28-23(27)16-18-26(3,4)17-15-22-20-25(2)21-24-22;1-5-6-7-8-9-10-11-12-13-14-19-28-23(27)16-18-26(3,4)17-15-22-20-24-21-25(22)2/h2*33-34H,5-32H2,1-4H3;2*20-21H,5-19H2,1-4H3/q4*+1. The number of carbonyl (C=O) groups is 6. The van der Waals surface area contributed by atoms with Crippen molar-refractivity contribution in [2.75, 3.05) is 147 Å². The zero-order valence-electron chi connectivity index (χ0n) is 96.7. The van der Waals surface area contributed by atoms with Crippen LogP contribution >= 0.6 is 0 Å². The highest BCUT2D eigenvalue weighted by Crippen LogP contribution is 2.22. The minimum atomic E-state index is -0.133. The first kappa shape index (κ1) is 136. The molecule has 0 fully saturated rings. The molecule has 0 aliphatic rings. The summed E-state index contributed by atoms with van der Waals surface area (Å²) in [6.07, 6.45) is 97.8.